The van der Waals surface area contributed by atoms with Gasteiger partial charge in [-0.1, -0.05) is 38.6 Å². The van der Waals surface area contributed by atoms with Crippen molar-refractivity contribution in [1.29, 1.82) is 0 Å². The number of rotatable bonds is 10. The Hall–Kier alpha value is -2.30. The second-order valence-electron chi connectivity index (χ2n) is 9.18. The van der Waals surface area contributed by atoms with Crippen molar-refractivity contribution in [2.45, 2.75) is 66.3 Å². The average molecular weight is 439 g/mol. The fraction of sp³-hybridized carbons (Fsp3) is 0.500. The SMILES string of the molecule is C=C(OCC)C(C)(OCc1cccc(-c2c(C)cc3c(c2C)CC(COC)O3)c1)C(C)C. The molecular formula is C28H38O4. The van der Waals surface area contributed by atoms with Crippen LogP contribution in [0.15, 0.2) is 42.7 Å². The Kier molecular flexibility index (Phi) is 7.68. The summed E-state index contributed by atoms with van der Waals surface area (Å²) in [6, 6.07) is 10.8. The quantitative estimate of drug-likeness (QED) is 0.402. The molecule has 0 N–H and O–H groups in total. The van der Waals surface area contributed by atoms with Crippen LogP contribution in [0.4, 0.5) is 0 Å². The molecule has 2 unspecified atom stereocenters. The first-order chi connectivity index (χ1) is 15.2. The topological polar surface area (TPSA) is 36.9 Å². The van der Waals surface area contributed by atoms with Gasteiger partial charge in [-0.2, -0.15) is 0 Å². The van der Waals surface area contributed by atoms with Crippen molar-refractivity contribution in [1.82, 2.24) is 0 Å². The number of methoxy groups -OCH3 is 1. The lowest BCUT2D eigenvalue weighted by molar-refractivity contribution is -0.0805. The molecule has 0 amide bonds. The molecule has 0 bridgehead atoms. The molecule has 0 saturated carbocycles. The Balaban J connectivity index is 1.86. The van der Waals surface area contributed by atoms with Crippen LogP contribution in [-0.4, -0.2) is 32.0 Å². The maximum absolute atomic E-state index is 6.40. The summed E-state index contributed by atoms with van der Waals surface area (Å²) in [5.41, 5.74) is 6.86. The molecule has 1 aliphatic rings. The summed E-state index contributed by atoms with van der Waals surface area (Å²) >= 11 is 0. The van der Waals surface area contributed by atoms with Crippen LogP contribution < -0.4 is 4.74 Å². The third-order valence-electron chi connectivity index (χ3n) is 6.67. The summed E-state index contributed by atoms with van der Waals surface area (Å²) in [5.74, 6) is 1.92. The zero-order valence-corrected chi connectivity index (χ0v) is 20.7. The molecule has 0 aliphatic carbocycles. The summed E-state index contributed by atoms with van der Waals surface area (Å²) in [6.07, 6.45) is 0.979. The van der Waals surface area contributed by atoms with E-state index in [0.29, 0.717) is 25.6 Å². The summed E-state index contributed by atoms with van der Waals surface area (Å²) < 4.78 is 23.5. The highest BCUT2D eigenvalue weighted by Gasteiger charge is 2.34. The fourth-order valence-electron chi connectivity index (χ4n) is 4.45. The predicted molar refractivity (Wildman–Crippen MR) is 130 cm³/mol. The Labute approximate surface area is 193 Å². The zero-order chi connectivity index (χ0) is 23.5. The van der Waals surface area contributed by atoms with E-state index >= 15 is 0 Å². The molecule has 32 heavy (non-hydrogen) atoms. The molecule has 0 fully saturated rings. The van der Waals surface area contributed by atoms with Crippen molar-refractivity contribution in [3.8, 4) is 16.9 Å². The molecule has 0 aromatic heterocycles. The van der Waals surface area contributed by atoms with Gasteiger partial charge in [0.1, 0.15) is 23.2 Å². The maximum atomic E-state index is 6.40. The molecule has 0 radical (unpaired) electrons. The van der Waals surface area contributed by atoms with E-state index in [1.54, 1.807) is 7.11 Å². The first-order valence-electron chi connectivity index (χ1n) is 11.5. The third kappa shape index (κ3) is 4.87. The summed E-state index contributed by atoms with van der Waals surface area (Å²) in [6.45, 7) is 18.5. The van der Waals surface area contributed by atoms with Gasteiger partial charge in [-0.25, -0.2) is 0 Å². The molecule has 4 nitrogen and oxygen atoms in total. The molecule has 1 aliphatic heterocycles. The standard InChI is InChI=1S/C28H38O4/c1-9-30-21(6)28(7,18(2)3)31-16-22-11-10-12-23(14-22)27-19(4)13-26-25(20(27)5)15-24(32-26)17-29-8/h10-14,18,24H,6,9,15-17H2,1-5,7-8H3. The lowest BCUT2D eigenvalue weighted by atomic mass is 9.89. The van der Waals surface area contributed by atoms with Crippen molar-refractivity contribution in [2.24, 2.45) is 5.92 Å². The highest BCUT2D eigenvalue weighted by molar-refractivity contribution is 5.74. The van der Waals surface area contributed by atoms with Gasteiger partial charge in [0.25, 0.3) is 0 Å². The smallest absolute Gasteiger partial charge is 0.126 e. The van der Waals surface area contributed by atoms with Crippen molar-refractivity contribution < 1.29 is 18.9 Å². The molecule has 0 saturated heterocycles. The van der Waals surface area contributed by atoms with E-state index < -0.39 is 5.60 Å². The monoisotopic (exact) mass is 438 g/mol. The minimum Gasteiger partial charge on any atom is -0.496 e. The lowest BCUT2D eigenvalue weighted by Gasteiger charge is -2.35. The van der Waals surface area contributed by atoms with E-state index in [4.69, 9.17) is 18.9 Å². The fourth-order valence-corrected chi connectivity index (χ4v) is 4.45. The van der Waals surface area contributed by atoms with Gasteiger partial charge in [0, 0.05) is 19.1 Å². The van der Waals surface area contributed by atoms with Gasteiger partial charge in [-0.3, -0.25) is 0 Å². The number of fused-ring (bicyclic) bond motifs is 1. The number of hydrogen-bond acceptors (Lipinski definition) is 4. The third-order valence-corrected chi connectivity index (χ3v) is 6.67. The Morgan fingerprint density at radius 1 is 1.25 bits per heavy atom. The van der Waals surface area contributed by atoms with Gasteiger partial charge < -0.3 is 18.9 Å². The Morgan fingerprint density at radius 2 is 2.00 bits per heavy atom. The number of benzene rings is 2. The second kappa shape index (κ2) is 10.1. The van der Waals surface area contributed by atoms with Crippen LogP contribution >= 0.6 is 0 Å². The summed E-state index contributed by atoms with van der Waals surface area (Å²) in [5, 5.41) is 0. The van der Waals surface area contributed by atoms with Gasteiger partial charge in [0.15, 0.2) is 0 Å². The van der Waals surface area contributed by atoms with E-state index in [1.807, 2.05) is 6.92 Å². The molecule has 0 spiro atoms. The van der Waals surface area contributed by atoms with Gasteiger partial charge in [-0.15, -0.1) is 0 Å². The van der Waals surface area contributed by atoms with E-state index in [9.17, 15) is 0 Å². The molecule has 2 aromatic carbocycles. The highest BCUT2D eigenvalue weighted by atomic mass is 16.5. The molecule has 174 valence electrons. The molecule has 1 heterocycles. The van der Waals surface area contributed by atoms with Gasteiger partial charge in [0.2, 0.25) is 0 Å². The molecule has 4 heteroatoms. The van der Waals surface area contributed by atoms with Crippen molar-refractivity contribution in [3.63, 3.8) is 0 Å². The molecular weight excluding hydrogens is 400 g/mol. The van der Waals surface area contributed by atoms with E-state index in [1.165, 1.54) is 27.8 Å². The van der Waals surface area contributed by atoms with Gasteiger partial charge >= 0.3 is 0 Å². The molecule has 2 atom stereocenters. The van der Waals surface area contributed by atoms with Crippen molar-refractivity contribution >= 4 is 0 Å². The van der Waals surface area contributed by atoms with Crippen LogP contribution in [0.25, 0.3) is 11.1 Å². The maximum Gasteiger partial charge on any atom is 0.126 e. The molecule has 2 aromatic rings. The van der Waals surface area contributed by atoms with E-state index in [-0.39, 0.29) is 12.0 Å². The van der Waals surface area contributed by atoms with Crippen LogP contribution in [0.3, 0.4) is 0 Å². The highest BCUT2D eigenvalue weighted by Crippen LogP contribution is 2.40. The normalized spacial score (nSPS) is 17.1. The molecule has 3 rings (SSSR count). The minimum atomic E-state index is -0.543. The van der Waals surface area contributed by atoms with Crippen LogP contribution in [0.2, 0.25) is 0 Å². The Morgan fingerprint density at radius 3 is 2.66 bits per heavy atom. The first kappa shape index (κ1) is 24.3. The van der Waals surface area contributed by atoms with Crippen molar-refractivity contribution in [3.05, 3.63) is 64.9 Å². The predicted octanol–water partition coefficient (Wildman–Crippen LogP) is 6.40. The summed E-state index contributed by atoms with van der Waals surface area (Å²) in [4.78, 5) is 0. The minimum absolute atomic E-state index is 0.0928. The van der Waals surface area contributed by atoms with Crippen LogP contribution in [-0.2, 0) is 27.2 Å². The van der Waals surface area contributed by atoms with E-state index in [0.717, 1.165) is 17.7 Å². The van der Waals surface area contributed by atoms with Gasteiger partial charge in [-0.05, 0) is 73.6 Å². The number of aryl methyl sites for hydroxylation is 1. The van der Waals surface area contributed by atoms with Crippen LogP contribution in [0.5, 0.6) is 5.75 Å². The average Bonchev–Trinajstić information content (AvgIpc) is 3.15. The number of hydrogen-bond donors (Lipinski definition) is 0. The second-order valence-corrected chi connectivity index (χ2v) is 9.18. The largest absolute Gasteiger partial charge is 0.496 e. The van der Waals surface area contributed by atoms with Crippen molar-refractivity contribution in [2.75, 3.05) is 20.3 Å². The summed E-state index contributed by atoms with van der Waals surface area (Å²) in [7, 11) is 1.72. The Bertz CT molecular complexity index is 962. The lowest BCUT2D eigenvalue weighted by Crippen LogP contribution is -2.37. The number of ether oxygens (including phenoxy) is 4. The zero-order valence-electron chi connectivity index (χ0n) is 20.7. The first-order valence-corrected chi connectivity index (χ1v) is 11.5. The van der Waals surface area contributed by atoms with Gasteiger partial charge in [0.05, 0.1) is 19.8 Å². The van der Waals surface area contributed by atoms with E-state index in [2.05, 4.69) is 71.5 Å². The van der Waals surface area contributed by atoms with Crippen LogP contribution in [0.1, 0.15) is 49.9 Å². The van der Waals surface area contributed by atoms with Crippen LogP contribution in [0, 0.1) is 19.8 Å².